The van der Waals surface area contributed by atoms with Crippen molar-refractivity contribution in [1.82, 2.24) is 9.80 Å². The first-order chi connectivity index (χ1) is 7.79. The minimum atomic E-state index is 0.672. The van der Waals surface area contributed by atoms with Crippen molar-refractivity contribution in [1.29, 1.82) is 0 Å². The largest absolute Gasteiger partial charge is 0.357 e. The Kier molecular flexibility index (Phi) is 3.27. The molecule has 2 N–H and O–H groups in total. The lowest BCUT2D eigenvalue weighted by atomic mass is 10.1. The topological polar surface area (TPSA) is 32.5 Å². The second-order valence-electron chi connectivity index (χ2n) is 3.87. The summed E-state index contributed by atoms with van der Waals surface area (Å²) in [7, 11) is 2.02. The van der Waals surface area contributed by atoms with Crippen molar-refractivity contribution in [3.8, 4) is 0 Å². The summed E-state index contributed by atoms with van der Waals surface area (Å²) in [4.78, 5) is 4.12. The van der Waals surface area contributed by atoms with Gasteiger partial charge in [0.05, 0.1) is 0 Å². The molecule has 0 aromatic carbocycles. The smallest absolute Gasteiger partial charge is 0.0342 e. The maximum atomic E-state index is 5.50. The van der Waals surface area contributed by atoms with Crippen molar-refractivity contribution in [3.05, 3.63) is 60.3 Å². The summed E-state index contributed by atoms with van der Waals surface area (Å²) in [6, 6.07) is 0. The highest BCUT2D eigenvalue weighted by Gasteiger charge is 2.04. The molecule has 16 heavy (non-hydrogen) atoms. The first-order valence-corrected chi connectivity index (χ1v) is 5.44. The zero-order valence-corrected chi connectivity index (χ0v) is 9.50. The van der Waals surface area contributed by atoms with Gasteiger partial charge in [-0.1, -0.05) is 0 Å². The van der Waals surface area contributed by atoms with Crippen LogP contribution in [0.15, 0.2) is 60.3 Å². The third-order valence-corrected chi connectivity index (χ3v) is 2.59. The third-order valence-electron chi connectivity index (χ3n) is 2.59. The third kappa shape index (κ3) is 2.44. The van der Waals surface area contributed by atoms with Gasteiger partial charge in [0.1, 0.15) is 0 Å². The van der Waals surface area contributed by atoms with Crippen molar-refractivity contribution >= 4 is 0 Å². The van der Waals surface area contributed by atoms with Crippen LogP contribution >= 0.6 is 0 Å². The molecule has 0 spiro atoms. The van der Waals surface area contributed by atoms with Crippen LogP contribution < -0.4 is 5.73 Å². The second-order valence-corrected chi connectivity index (χ2v) is 3.87. The minimum absolute atomic E-state index is 0.672. The van der Waals surface area contributed by atoms with E-state index in [9.17, 15) is 0 Å². The fourth-order valence-corrected chi connectivity index (χ4v) is 1.64. The normalized spacial score (nSPS) is 18.9. The van der Waals surface area contributed by atoms with E-state index in [2.05, 4.69) is 54.0 Å². The van der Waals surface area contributed by atoms with E-state index in [0.717, 1.165) is 6.54 Å². The van der Waals surface area contributed by atoms with Crippen LogP contribution in [-0.2, 0) is 0 Å². The van der Waals surface area contributed by atoms with Crippen LogP contribution in [-0.4, -0.2) is 29.9 Å². The van der Waals surface area contributed by atoms with Crippen LogP contribution in [0.3, 0.4) is 0 Å². The van der Waals surface area contributed by atoms with Crippen molar-refractivity contribution in [2.75, 3.05) is 20.1 Å². The lowest BCUT2D eigenvalue weighted by Gasteiger charge is -2.19. The molecule has 2 aliphatic heterocycles. The van der Waals surface area contributed by atoms with Gasteiger partial charge in [0.2, 0.25) is 0 Å². The predicted octanol–water partition coefficient (Wildman–Crippen LogP) is 1.56. The van der Waals surface area contributed by atoms with Gasteiger partial charge in [-0.25, -0.2) is 0 Å². The highest BCUT2D eigenvalue weighted by molar-refractivity contribution is 5.48. The molecule has 0 aromatic rings. The first kappa shape index (κ1) is 10.8. The summed E-state index contributed by atoms with van der Waals surface area (Å²) in [6.07, 6.45) is 16.7. The van der Waals surface area contributed by atoms with Gasteiger partial charge in [-0.15, -0.1) is 0 Å². The van der Waals surface area contributed by atoms with E-state index in [1.807, 2.05) is 11.9 Å². The zero-order valence-electron chi connectivity index (χ0n) is 9.50. The van der Waals surface area contributed by atoms with E-state index >= 15 is 0 Å². The van der Waals surface area contributed by atoms with E-state index in [1.54, 1.807) is 0 Å². The average Bonchev–Trinajstić information content (AvgIpc) is 2.32. The molecule has 0 aliphatic carbocycles. The van der Waals surface area contributed by atoms with Crippen LogP contribution in [0.1, 0.15) is 0 Å². The molecular weight excluding hydrogens is 198 g/mol. The molecule has 0 aromatic heterocycles. The Balaban J connectivity index is 2.11. The van der Waals surface area contributed by atoms with Gasteiger partial charge in [-0.05, 0) is 35.5 Å². The van der Waals surface area contributed by atoms with Crippen LogP contribution in [0.25, 0.3) is 0 Å². The zero-order chi connectivity index (χ0) is 11.4. The van der Waals surface area contributed by atoms with Crippen molar-refractivity contribution in [2.24, 2.45) is 5.73 Å². The van der Waals surface area contributed by atoms with Crippen molar-refractivity contribution < 1.29 is 0 Å². The number of rotatable bonds is 2. The maximum absolute atomic E-state index is 5.50. The Morgan fingerprint density at radius 3 is 1.94 bits per heavy atom. The monoisotopic (exact) mass is 215 g/mol. The molecule has 2 heterocycles. The molecule has 0 saturated carbocycles. The standard InChI is InChI=1S/C13H17N3/c1-15-7-2-12(3-8-15)13-4-9-16(10-5-13)11-6-14/h2-5,7-10H,6,11,14H2,1H3. The summed E-state index contributed by atoms with van der Waals surface area (Å²) in [5.74, 6) is 0. The number of allylic oxidation sites excluding steroid dienone is 6. The molecule has 0 atom stereocenters. The summed E-state index contributed by atoms with van der Waals surface area (Å²) in [5, 5.41) is 0. The number of nitrogens with two attached hydrogens (primary N) is 1. The Bertz CT molecular complexity index is 367. The van der Waals surface area contributed by atoms with Crippen LogP contribution in [0.2, 0.25) is 0 Å². The Morgan fingerprint density at radius 1 is 0.938 bits per heavy atom. The molecule has 0 bridgehead atoms. The lowest BCUT2D eigenvalue weighted by Crippen LogP contribution is -2.20. The highest BCUT2D eigenvalue weighted by Crippen LogP contribution is 2.18. The molecular formula is C13H17N3. The SMILES string of the molecule is CN1C=CC(=C2C=CN(CCN)C=C2)C=C1. The summed E-state index contributed by atoms with van der Waals surface area (Å²) >= 11 is 0. The second kappa shape index (κ2) is 4.86. The lowest BCUT2D eigenvalue weighted by molar-refractivity contribution is 0.512. The minimum Gasteiger partial charge on any atom is -0.357 e. The summed E-state index contributed by atoms with van der Waals surface area (Å²) in [5.41, 5.74) is 7.97. The van der Waals surface area contributed by atoms with Crippen molar-refractivity contribution in [2.45, 2.75) is 0 Å². The quantitative estimate of drug-likeness (QED) is 0.758. The molecule has 0 radical (unpaired) electrons. The van der Waals surface area contributed by atoms with Crippen LogP contribution in [0.4, 0.5) is 0 Å². The molecule has 84 valence electrons. The van der Waals surface area contributed by atoms with Crippen LogP contribution in [0, 0.1) is 0 Å². The van der Waals surface area contributed by atoms with Crippen molar-refractivity contribution in [3.63, 3.8) is 0 Å². The summed E-state index contributed by atoms with van der Waals surface area (Å²) < 4.78 is 0. The Morgan fingerprint density at radius 2 is 1.44 bits per heavy atom. The van der Waals surface area contributed by atoms with Gasteiger partial charge < -0.3 is 15.5 Å². The number of hydrogen-bond acceptors (Lipinski definition) is 3. The van der Waals surface area contributed by atoms with Gasteiger partial charge in [0.25, 0.3) is 0 Å². The molecule has 0 saturated heterocycles. The van der Waals surface area contributed by atoms with Gasteiger partial charge >= 0.3 is 0 Å². The molecule has 3 nitrogen and oxygen atoms in total. The first-order valence-electron chi connectivity index (χ1n) is 5.44. The van der Waals surface area contributed by atoms with Gasteiger partial charge in [-0.3, -0.25) is 0 Å². The molecule has 0 amide bonds. The molecule has 3 heteroatoms. The van der Waals surface area contributed by atoms with Crippen LogP contribution in [0.5, 0.6) is 0 Å². The van der Waals surface area contributed by atoms with Gasteiger partial charge in [0, 0.05) is 44.9 Å². The Labute approximate surface area is 96.5 Å². The molecule has 2 aliphatic rings. The van der Waals surface area contributed by atoms with E-state index in [1.165, 1.54) is 11.1 Å². The fraction of sp³-hybridized carbons (Fsp3) is 0.231. The molecule has 0 fully saturated rings. The number of nitrogens with zero attached hydrogens (tertiary/aromatic N) is 2. The molecule has 2 rings (SSSR count). The van der Waals surface area contributed by atoms with Gasteiger partial charge in [-0.2, -0.15) is 0 Å². The average molecular weight is 215 g/mol. The number of hydrogen-bond donors (Lipinski definition) is 1. The van der Waals surface area contributed by atoms with E-state index < -0.39 is 0 Å². The van der Waals surface area contributed by atoms with E-state index in [-0.39, 0.29) is 0 Å². The van der Waals surface area contributed by atoms with Gasteiger partial charge in [0.15, 0.2) is 0 Å². The summed E-state index contributed by atoms with van der Waals surface area (Å²) in [6.45, 7) is 1.54. The highest BCUT2D eigenvalue weighted by atomic mass is 15.1. The Hall–Kier alpha value is -1.74. The predicted molar refractivity (Wildman–Crippen MR) is 67.1 cm³/mol. The molecule has 0 unspecified atom stereocenters. The maximum Gasteiger partial charge on any atom is 0.0342 e. The van der Waals surface area contributed by atoms with E-state index in [0.29, 0.717) is 6.54 Å². The van der Waals surface area contributed by atoms with E-state index in [4.69, 9.17) is 5.73 Å². The fourth-order valence-electron chi connectivity index (χ4n) is 1.64.